The van der Waals surface area contributed by atoms with Gasteiger partial charge in [-0.1, -0.05) is 72.1 Å². The van der Waals surface area contributed by atoms with Crippen LogP contribution in [0.1, 0.15) is 100 Å². The highest BCUT2D eigenvalue weighted by molar-refractivity contribution is 6.14. The van der Waals surface area contributed by atoms with Crippen LogP contribution in [0.25, 0.3) is 0 Å². The first-order chi connectivity index (χ1) is 17.6. The number of Topliss-reactive ketones (excluding diaryl/α,β-unsaturated/α-hetero) is 1. The number of carbonyl (C=O) groups is 1. The number of rotatable bonds is 3. The van der Waals surface area contributed by atoms with Crippen molar-refractivity contribution >= 4 is 5.78 Å². The van der Waals surface area contributed by atoms with E-state index in [1.807, 2.05) is 6.92 Å². The summed E-state index contributed by atoms with van der Waals surface area (Å²) in [4.78, 5) is 14.6. The maximum absolute atomic E-state index is 14.6. The number of ketones is 1. The van der Waals surface area contributed by atoms with Gasteiger partial charge in [0.1, 0.15) is 5.76 Å². The molecule has 3 aliphatic carbocycles. The average Bonchev–Trinajstić information content (AvgIpc) is 2.79. The first-order valence-electron chi connectivity index (χ1n) is 14.0. The lowest BCUT2D eigenvalue weighted by Crippen LogP contribution is -2.58. The highest BCUT2D eigenvalue weighted by Crippen LogP contribution is 2.71. The molecule has 0 heterocycles. The van der Waals surface area contributed by atoms with Gasteiger partial charge in [0.05, 0.1) is 0 Å². The fourth-order valence-corrected chi connectivity index (χ4v) is 8.50. The summed E-state index contributed by atoms with van der Waals surface area (Å²) in [7, 11) is 0. The fourth-order valence-electron chi connectivity index (χ4n) is 8.50. The lowest BCUT2D eigenvalue weighted by atomic mass is 9.39. The summed E-state index contributed by atoms with van der Waals surface area (Å²) >= 11 is 0. The van der Waals surface area contributed by atoms with E-state index in [1.165, 1.54) is 0 Å². The van der Waals surface area contributed by atoms with Gasteiger partial charge < -0.3 is 10.8 Å². The number of allylic oxidation sites excluding steroid dienone is 4. The van der Waals surface area contributed by atoms with Crippen molar-refractivity contribution in [2.45, 2.75) is 88.0 Å². The van der Waals surface area contributed by atoms with Crippen LogP contribution in [-0.2, 0) is 6.42 Å². The highest BCUT2D eigenvalue weighted by atomic mass is 16.3. The normalized spacial score (nSPS) is 30.5. The Morgan fingerprint density at radius 1 is 1.24 bits per heavy atom. The molecule has 0 unspecified atom stereocenters. The number of nitrogens with two attached hydrogens (primary N) is 1. The van der Waals surface area contributed by atoms with Crippen molar-refractivity contribution in [3.63, 3.8) is 0 Å². The van der Waals surface area contributed by atoms with E-state index >= 15 is 0 Å². The predicted octanol–water partition coefficient (Wildman–Crippen LogP) is 8.06. The third-order valence-corrected chi connectivity index (χ3v) is 10.3. The molecule has 1 aromatic rings. The third kappa shape index (κ3) is 3.52. The Hall–Kier alpha value is -2.99. The van der Waals surface area contributed by atoms with Crippen molar-refractivity contribution in [3.8, 4) is 11.8 Å². The van der Waals surface area contributed by atoms with E-state index in [0.29, 0.717) is 17.0 Å². The van der Waals surface area contributed by atoms with Crippen LogP contribution in [0.3, 0.4) is 0 Å². The Morgan fingerprint density at radius 3 is 2.42 bits per heavy atom. The van der Waals surface area contributed by atoms with Gasteiger partial charge in [0.25, 0.3) is 0 Å². The van der Waals surface area contributed by atoms with Crippen LogP contribution >= 0.6 is 0 Å². The maximum Gasteiger partial charge on any atom is 0.190 e. The lowest BCUT2D eigenvalue weighted by molar-refractivity contribution is -0.0308. The standard InChI is InChI=1S/C35H45NO2/c1-12-13-14-15-25-16-20(4)26-17-33(9)18-34(10)29(19(2)3)32(38)28(24(8)36)22(6)35(34,11)23(7)30(33)31(37)27(26)21(25)5/h16,19,29,38H,6,8,12-13,17-18,36H2,1-5,7,9-11H3/t29-,33+,34+,35+/m1/s1. The summed E-state index contributed by atoms with van der Waals surface area (Å²) in [5.74, 6) is 7.04. The lowest BCUT2D eigenvalue weighted by Gasteiger charge is -2.64. The second-order valence-corrected chi connectivity index (χ2v) is 13.0. The van der Waals surface area contributed by atoms with Gasteiger partial charge in [-0.25, -0.2) is 0 Å². The van der Waals surface area contributed by atoms with E-state index in [9.17, 15) is 9.90 Å². The third-order valence-electron chi connectivity index (χ3n) is 10.3. The summed E-state index contributed by atoms with van der Waals surface area (Å²) in [6.45, 7) is 28.0. The number of aryl methyl sites for hydroxylation is 1. The van der Waals surface area contributed by atoms with Crippen molar-refractivity contribution in [1.29, 1.82) is 0 Å². The van der Waals surface area contributed by atoms with Crippen molar-refractivity contribution in [2.75, 3.05) is 0 Å². The van der Waals surface area contributed by atoms with Crippen LogP contribution in [0.4, 0.5) is 0 Å². The zero-order chi connectivity index (χ0) is 28.5. The second kappa shape index (κ2) is 9.04. The maximum atomic E-state index is 14.6. The molecule has 3 aliphatic rings. The molecular formula is C35H45NO2. The van der Waals surface area contributed by atoms with Crippen LogP contribution < -0.4 is 5.73 Å². The summed E-state index contributed by atoms with van der Waals surface area (Å²) in [6, 6.07) is 2.16. The van der Waals surface area contributed by atoms with Crippen LogP contribution in [0.15, 0.2) is 53.0 Å². The van der Waals surface area contributed by atoms with Crippen molar-refractivity contribution in [2.24, 2.45) is 33.8 Å². The smallest absolute Gasteiger partial charge is 0.190 e. The van der Waals surface area contributed by atoms with Gasteiger partial charge in [0.2, 0.25) is 0 Å². The van der Waals surface area contributed by atoms with E-state index in [0.717, 1.165) is 70.2 Å². The number of hydrogen-bond acceptors (Lipinski definition) is 3. The first-order valence-corrected chi connectivity index (χ1v) is 14.0. The molecule has 0 aromatic heterocycles. The molecule has 38 heavy (non-hydrogen) atoms. The molecule has 3 N–H and O–H groups in total. The van der Waals surface area contributed by atoms with Gasteiger partial charge in [-0.15, -0.1) is 0 Å². The van der Waals surface area contributed by atoms with Gasteiger partial charge >= 0.3 is 0 Å². The average molecular weight is 512 g/mol. The summed E-state index contributed by atoms with van der Waals surface area (Å²) in [6.07, 6.45) is 3.41. The number of benzene rings is 1. The summed E-state index contributed by atoms with van der Waals surface area (Å²) < 4.78 is 0. The van der Waals surface area contributed by atoms with E-state index in [-0.39, 0.29) is 28.4 Å². The quantitative estimate of drug-likeness (QED) is 0.403. The number of fused-ring (bicyclic) bond motifs is 3. The minimum Gasteiger partial charge on any atom is -0.511 e. The minimum absolute atomic E-state index is 0.120. The largest absolute Gasteiger partial charge is 0.511 e. The summed E-state index contributed by atoms with van der Waals surface area (Å²) in [5.41, 5.74) is 13.6. The Balaban J connectivity index is 2.04. The van der Waals surface area contributed by atoms with E-state index in [2.05, 4.69) is 86.5 Å². The van der Waals surface area contributed by atoms with E-state index in [1.54, 1.807) is 0 Å². The van der Waals surface area contributed by atoms with Gasteiger partial charge in [-0.05, 0) is 79.7 Å². The van der Waals surface area contributed by atoms with Crippen LogP contribution in [0.2, 0.25) is 0 Å². The first kappa shape index (κ1) is 28.0. The number of aliphatic hydroxyl groups excluding tert-OH is 1. The molecule has 0 saturated carbocycles. The van der Waals surface area contributed by atoms with Gasteiger partial charge in [0, 0.05) is 51.1 Å². The Bertz CT molecular complexity index is 1410. The van der Waals surface area contributed by atoms with Crippen molar-refractivity contribution in [1.82, 2.24) is 0 Å². The summed E-state index contributed by atoms with van der Waals surface area (Å²) in [5, 5.41) is 11.6. The Labute approximate surface area is 230 Å². The molecule has 0 spiro atoms. The molecule has 0 bridgehead atoms. The monoisotopic (exact) mass is 511 g/mol. The molecule has 0 radical (unpaired) electrons. The Kier molecular flexibility index (Phi) is 6.67. The molecule has 0 aliphatic heterocycles. The minimum atomic E-state index is -0.560. The number of aliphatic hydroxyl groups is 1. The molecule has 4 atom stereocenters. The van der Waals surface area contributed by atoms with Crippen LogP contribution in [-0.4, -0.2) is 10.9 Å². The molecule has 4 rings (SSSR count). The number of hydrogen-bond donors (Lipinski definition) is 2. The number of unbranched alkanes of at least 4 members (excludes halogenated alkanes) is 1. The van der Waals surface area contributed by atoms with E-state index < -0.39 is 5.41 Å². The molecule has 0 amide bonds. The van der Waals surface area contributed by atoms with Gasteiger partial charge in [0.15, 0.2) is 5.78 Å². The molecule has 3 heteroatoms. The van der Waals surface area contributed by atoms with Crippen LogP contribution in [0, 0.1) is 53.8 Å². The Morgan fingerprint density at radius 2 is 1.87 bits per heavy atom. The molecule has 202 valence electrons. The second-order valence-electron chi connectivity index (χ2n) is 13.0. The zero-order valence-electron chi connectivity index (χ0n) is 24.9. The number of carbonyl (C=O) groups excluding carboxylic acids is 1. The highest BCUT2D eigenvalue weighted by Gasteiger charge is 2.65. The van der Waals surface area contributed by atoms with Crippen molar-refractivity contribution in [3.05, 3.63) is 80.8 Å². The molecular weight excluding hydrogens is 466 g/mol. The predicted molar refractivity (Wildman–Crippen MR) is 158 cm³/mol. The van der Waals surface area contributed by atoms with E-state index in [4.69, 9.17) is 5.73 Å². The SMILES string of the molecule is C=C(N)C1=C(O)[C@@H](C(C)C)[C@]2(C)C[C@]3(C)Cc4c(C)cc(C#CCCC)c(C)c4C(=O)C3=C(C)[C@]2(C)C1=C. The molecule has 0 saturated heterocycles. The molecule has 3 nitrogen and oxygen atoms in total. The van der Waals surface area contributed by atoms with Gasteiger partial charge in [-0.2, -0.15) is 0 Å². The van der Waals surface area contributed by atoms with Crippen molar-refractivity contribution < 1.29 is 9.90 Å². The topological polar surface area (TPSA) is 63.3 Å². The van der Waals surface area contributed by atoms with Crippen LogP contribution in [0.5, 0.6) is 0 Å². The fraction of sp³-hybridized carbons (Fsp3) is 0.514. The van der Waals surface area contributed by atoms with Gasteiger partial charge in [-0.3, -0.25) is 4.79 Å². The molecule has 1 aromatic carbocycles. The zero-order valence-corrected chi connectivity index (χ0v) is 24.9. The molecule has 0 fully saturated rings.